The first-order valence-corrected chi connectivity index (χ1v) is 15.3. The van der Waals surface area contributed by atoms with Gasteiger partial charge in [-0.15, -0.1) is 0 Å². The van der Waals surface area contributed by atoms with E-state index in [0.29, 0.717) is 27.9 Å². The van der Waals surface area contributed by atoms with Crippen LogP contribution in [0.5, 0.6) is 0 Å². The zero-order valence-electron chi connectivity index (χ0n) is 27.6. The fourth-order valence-electron chi connectivity index (χ4n) is 6.10. The largest absolute Gasteiger partial charge is 0.465 e. The molecule has 0 radical (unpaired) electrons. The third-order valence-corrected chi connectivity index (χ3v) is 8.77. The number of hydrogen-bond acceptors (Lipinski definition) is 8. The fourth-order valence-corrected chi connectivity index (χ4v) is 6.10. The zero-order valence-corrected chi connectivity index (χ0v) is 27.6. The second-order valence-corrected chi connectivity index (χ2v) is 12.8. The van der Waals surface area contributed by atoms with Crippen LogP contribution in [0.25, 0.3) is 22.0 Å². The number of likely N-dealkylation sites (tertiary alicyclic amines) is 1. The number of carbonyl (C=O) groups is 4. The molecule has 0 bridgehead atoms. The smallest absolute Gasteiger partial charge is 0.433 e. The maximum Gasteiger partial charge on any atom is 0.433 e. The zero-order chi connectivity index (χ0) is 36.0. The second-order valence-electron chi connectivity index (χ2n) is 12.8. The highest BCUT2D eigenvalue weighted by atomic mass is 19.4. The van der Waals surface area contributed by atoms with Crippen molar-refractivity contribution in [2.75, 3.05) is 11.9 Å². The Kier molecular flexibility index (Phi) is 9.19. The standard InChI is InChI=1S/C33H35F3N8O5/c1-16-7-8-25(33(34,35)36)39-29(16)40-30(47)24-11-22(32(5,6)41-31(48)49)14-43(24)26(46)15-44-28-17(2)9-20(21-12-37-19(4)38-13-21)10-23(28)27(42-44)18(3)45/h7-10,12-13,22,24,41H,11,14-15H2,1-6H3,(H,48,49)(H,39,40,47)/t22-,24-/m0/s1. The van der Waals surface area contributed by atoms with Crippen LogP contribution in [0, 0.1) is 26.7 Å². The molecular formula is C33H35F3N8O5. The first-order chi connectivity index (χ1) is 22.9. The molecule has 3 aromatic heterocycles. The lowest BCUT2D eigenvalue weighted by Crippen LogP contribution is -2.49. The number of amides is 3. The van der Waals surface area contributed by atoms with Gasteiger partial charge in [0.2, 0.25) is 11.8 Å². The van der Waals surface area contributed by atoms with Crippen LogP contribution in [-0.2, 0) is 22.3 Å². The van der Waals surface area contributed by atoms with Crippen molar-refractivity contribution in [1.29, 1.82) is 0 Å². The molecule has 16 heteroatoms. The minimum Gasteiger partial charge on any atom is -0.465 e. The lowest BCUT2D eigenvalue weighted by molar-refractivity contribution is -0.141. The van der Waals surface area contributed by atoms with Crippen LogP contribution in [0.15, 0.2) is 36.7 Å². The fraction of sp³-hybridized carbons (Fsp3) is 0.394. The molecule has 4 heterocycles. The molecule has 5 rings (SSSR count). The molecule has 1 aliphatic heterocycles. The number of halogens is 3. The molecule has 0 saturated carbocycles. The summed E-state index contributed by atoms with van der Waals surface area (Å²) in [6.45, 7) is 9.21. The molecule has 2 atom stereocenters. The first kappa shape index (κ1) is 34.9. The number of nitrogens with one attached hydrogen (secondary N) is 2. The predicted octanol–water partition coefficient (Wildman–Crippen LogP) is 4.94. The van der Waals surface area contributed by atoms with E-state index in [4.69, 9.17) is 0 Å². The number of pyridine rings is 1. The number of alkyl halides is 3. The Hall–Kier alpha value is -5.41. The molecule has 3 N–H and O–H groups in total. The van der Waals surface area contributed by atoms with Crippen LogP contribution in [0.4, 0.5) is 23.8 Å². The number of Topliss-reactive ketones (excluding diaryl/α,β-unsaturated/α-hetero) is 1. The van der Waals surface area contributed by atoms with Gasteiger partial charge in [0.05, 0.1) is 5.52 Å². The van der Waals surface area contributed by atoms with E-state index in [1.54, 1.807) is 46.2 Å². The number of fused-ring (bicyclic) bond motifs is 1. The van der Waals surface area contributed by atoms with Crippen LogP contribution >= 0.6 is 0 Å². The molecule has 1 fully saturated rings. The van der Waals surface area contributed by atoms with E-state index >= 15 is 0 Å². The van der Waals surface area contributed by atoms with Crippen molar-refractivity contribution in [3.05, 3.63) is 65.0 Å². The number of rotatable bonds is 8. The highest BCUT2D eigenvalue weighted by Crippen LogP contribution is 2.35. The number of aryl methyl sites for hydroxylation is 3. The van der Waals surface area contributed by atoms with E-state index in [1.807, 2.05) is 6.07 Å². The van der Waals surface area contributed by atoms with E-state index in [2.05, 4.69) is 30.7 Å². The molecule has 0 unspecified atom stereocenters. The van der Waals surface area contributed by atoms with Gasteiger partial charge in [-0.2, -0.15) is 18.3 Å². The lowest BCUT2D eigenvalue weighted by Gasteiger charge is -2.31. The number of carbonyl (C=O) groups excluding carboxylic acids is 3. The second kappa shape index (κ2) is 12.9. The number of benzene rings is 1. The summed E-state index contributed by atoms with van der Waals surface area (Å²) >= 11 is 0. The summed E-state index contributed by atoms with van der Waals surface area (Å²) in [6, 6.07) is 4.42. The topological polar surface area (TPSA) is 172 Å². The molecule has 13 nitrogen and oxygen atoms in total. The number of anilines is 1. The Morgan fingerprint density at radius 1 is 1.00 bits per heavy atom. The van der Waals surface area contributed by atoms with Gasteiger partial charge < -0.3 is 20.6 Å². The van der Waals surface area contributed by atoms with E-state index in [9.17, 15) is 37.5 Å². The molecule has 0 spiro atoms. The van der Waals surface area contributed by atoms with Crippen LogP contribution in [0.2, 0.25) is 0 Å². The Bertz CT molecular complexity index is 1970. The summed E-state index contributed by atoms with van der Waals surface area (Å²) < 4.78 is 41.6. The Balaban J connectivity index is 1.50. The van der Waals surface area contributed by atoms with Crippen molar-refractivity contribution in [3.8, 4) is 11.1 Å². The number of aromatic nitrogens is 5. The van der Waals surface area contributed by atoms with Gasteiger partial charge in [0.1, 0.15) is 35.6 Å². The summed E-state index contributed by atoms with van der Waals surface area (Å²) in [7, 11) is 0. The van der Waals surface area contributed by atoms with E-state index < -0.39 is 47.3 Å². The normalized spacial score (nSPS) is 16.6. The highest BCUT2D eigenvalue weighted by Gasteiger charge is 2.46. The van der Waals surface area contributed by atoms with Crippen molar-refractivity contribution in [2.45, 2.75) is 72.3 Å². The van der Waals surface area contributed by atoms with E-state index in [-0.39, 0.29) is 42.4 Å². The van der Waals surface area contributed by atoms with Crippen LogP contribution < -0.4 is 10.6 Å². The third kappa shape index (κ3) is 7.22. The van der Waals surface area contributed by atoms with Gasteiger partial charge in [0.25, 0.3) is 0 Å². The van der Waals surface area contributed by atoms with Crippen LogP contribution in [-0.4, -0.2) is 76.6 Å². The average molecular weight is 681 g/mol. The van der Waals surface area contributed by atoms with Crippen molar-refractivity contribution >= 4 is 40.4 Å². The number of carboxylic acid groups (broad SMARTS) is 1. The number of hydrogen-bond donors (Lipinski definition) is 3. The summed E-state index contributed by atoms with van der Waals surface area (Å²) in [5, 5.41) is 19.3. The molecule has 49 heavy (non-hydrogen) atoms. The van der Waals surface area contributed by atoms with Crippen molar-refractivity contribution in [3.63, 3.8) is 0 Å². The maximum absolute atomic E-state index is 14.1. The van der Waals surface area contributed by atoms with Crippen molar-refractivity contribution in [2.24, 2.45) is 5.92 Å². The van der Waals surface area contributed by atoms with Gasteiger partial charge in [-0.3, -0.25) is 19.1 Å². The molecule has 258 valence electrons. The number of nitrogens with zero attached hydrogens (tertiary/aromatic N) is 6. The molecule has 1 saturated heterocycles. The van der Waals surface area contributed by atoms with Crippen LogP contribution in [0.1, 0.15) is 60.3 Å². The van der Waals surface area contributed by atoms with Gasteiger partial charge in [0.15, 0.2) is 5.78 Å². The number of ketones is 1. The highest BCUT2D eigenvalue weighted by molar-refractivity contribution is 6.07. The van der Waals surface area contributed by atoms with Gasteiger partial charge in [-0.05, 0) is 75.9 Å². The van der Waals surface area contributed by atoms with Crippen LogP contribution in [0.3, 0.4) is 0 Å². The minimum absolute atomic E-state index is 0.00240. The SMILES string of the molecule is CC(=O)c1nn(CC(=O)N2C[C@@H](C(C)(C)NC(=O)O)C[C@H]2C(=O)Nc2nc(C(F)(F)F)ccc2C)c2c(C)cc(-c3cnc(C)nc3)cc12. The van der Waals surface area contributed by atoms with Gasteiger partial charge >= 0.3 is 12.3 Å². The molecule has 0 aliphatic carbocycles. The third-order valence-electron chi connectivity index (χ3n) is 8.77. The predicted molar refractivity (Wildman–Crippen MR) is 172 cm³/mol. The summed E-state index contributed by atoms with van der Waals surface area (Å²) in [5.74, 6) is -1.96. The van der Waals surface area contributed by atoms with Crippen molar-refractivity contribution in [1.82, 2.24) is 34.9 Å². The Labute approximate surface area is 278 Å². The molecule has 1 aromatic carbocycles. The Morgan fingerprint density at radius 2 is 1.67 bits per heavy atom. The minimum atomic E-state index is -4.75. The van der Waals surface area contributed by atoms with E-state index in [1.165, 1.54) is 29.5 Å². The summed E-state index contributed by atoms with van der Waals surface area (Å²) in [5.41, 5.74) is 0.795. The van der Waals surface area contributed by atoms with Gasteiger partial charge in [-0.1, -0.05) is 6.07 Å². The quantitative estimate of drug-likeness (QED) is 0.218. The van der Waals surface area contributed by atoms with Gasteiger partial charge in [0, 0.05) is 48.3 Å². The van der Waals surface area contributed by atoms with E-state index in [0.717, 1.165) is 11.6 Å². The first-order valence-electron chi connectivity index (χ1n) is 15.3. The summed E-state index contributed by atoms with van der Waals surface area (Å²) in [4.78, 5) is 65.4. The molecular weight excluding hydrogens is 645 g/mol. The van der Waals surface area contributed by atoms with Crippen molar-refractivity contribution < 1.29 is 37.5 Å². The monoisotopic (exact) mass is 680 g/mol. The molecule has 1 aliphatic rings. The maximum atomic E-state index is 14.1. The molecule has 3 amide bonds. The average Bonchev–Trinajstić information content (AvgIpc) is 3.61. The molecule has 4 aromatic rings. The Morgan fingerprint density at radius 3 is 2.29 bits per heavy atom. The summed E-state index contributed by atoms with van der Waals surface area (Å²) in [6.07, 6.45) is -2.72. The lowest BCUT2D eigenvalue weighted by atomic mass is 9.85. The van der Waals surface area contributed by atoms with Gasteiger partial charge in [-0.25, -0.2) is 19.7 Å².